The van der Waals surface area contributed by atoms with Gasteiger partial charge in [-0.1, -0.05) is 0 Å². The molecule has 0 heterocycles. The van der Waals surface area contributed by atoms with Gasteiger partial charge in [0.15, 0.2) is 0 Å². The molecule has 0 saturated carbocycles. The molecule has 4 rings (SSSR count). The van der Waals surface area contributed by atoms with Gasteiger partial charge in [-0.25, -0.2) is 0 Å². The zero-order valence-corrected chi connectivity index (χ0v) is 24.0. The van der Waals surface area contributed by atoms with Gasteiger partial charge in [0.2, 0.25) is 0 Å². The van der Waals surface area contributed by atoms with E-state index in [0.29, 0.717) is 7.25 Å². The minimum absolute atomic E-state index is 0.653. The standard InChI is InChI=1S/2C10H9.2C2H7N.2CH3.H2Si.Zr/c2*1-8-6-9-4-2-3-5-10(9)7-8;2*1-3-2;;;;/h2*2-7H,1H3;2*3H,1-2H3;2*1H3;1H2;. The number of fused-ring (bicyclic) bond motifs is 2. The van der Waals surface area contributed by atoms with Gasteiger partial charge in [0.05, 0.1) is 0 Å². The summed E-state index contributed by atoms with van der Waals surface area (Å²) in [4.78, 5) is 0. The summed E-state index contributed by atoms with van der Waals surface area (Å²) < 4.78 is 6.68. The number of allylic oxidation sites excluding steroid dienone is 2. The molecule has 2 aromatic rings. The maximum absolute atomic E-state index is 3.15. The maximum Gasteiger partial charge on any atom is -0.0167 e. The molecule has 2 aliphatic rings. The summed E-state index contributed by atoms with van der Waals surface area (Å²) in [6, 6.07) is 18.1. The third-order valence-electron chi connectivity index (χ3n) is 6.19. The molecule has 0 spiro atoms. The van der Waals surface area contributed by atoms with Gasteiger partial charge in [-0.15, -0.1) is 0 Å². The predicted octanol–water partition coefficient (Wildman–Crippen LogP) is 5.31. The largest absolute Gasteiger partial charge is 0.323 e. The molecule has 2 aromatic carbocycles. The van der Waals surface area contributed by atoms with Gasteiger partial charge in [-0.2, -0.15) is 0 Å². The van der Waals surface area contributed by atoms with Crippen LogP contribution < -0.4 is 10.6 Å². The summed E-state index contributed by atoms with van der Waals surface area (Å²) in [5.74, 6) is 0. The third-order valence-corrected chi connectivity index (χ3v) is 24.1. The van der Waals surface area contributed by atoms with E-state index in [1.54, 1.807) is 22.3 Å². The zero-order chi connectivity index (χ0) is 22.6. The van der Waals surface area contributed by atoms with E-state index in [-0.39, 0.29) is 0 Å². The normalized spacial score (nSPS) is 19.4. The number of benzene rings is 2. The van der Waals surface area contributed by atoms with Crippen molar-refractivity contribution in [3.63, 3.8) is 0 Å². The van der Waals surface area contributed by atoms with Crippen molar-refractivity contribution in [2.24, 2.45) is 0 Å². The Bertz CT molecular complexity index is 938. The fourth-order valence-electron chi connectivity index (χ4n) is 5.64. The molecule has 162 valence electrons. The van der Waals surface area contributed by atoms with E-state index in [1.165, 1.54) is 11.1 Å². The van der Waals surface area contributed by atoms with Crippen LogP contribution in [0.15, 0.2) is 59.7 Å². The van der Waals surface area contributed by atoms with Gasteiger partial charge in [-0.05, 0) is 28.2 Å². The molecule has 0 radical (unpaired) electrons. The summed E-state index contributed by atoms with van der Waals surface area (Å²) in [5.41, 5.74) is 9.22. The molecule has 0 saturated heterocycles. The van der Waals surface area contributed by atoms with Crippen molar-refractivity contribution in [3.05, 3.63) is 81.9 Å². The molecule has 0 amide bonds. The van der Waals surface area contributed by atoms with Crippen molar-refractivity contribution in [3.8, 4) is 0 Å². The molecule has 2 atom stereocenters. The van der Waals surface area contributed by atoms with Crippen molar-refractivity contribution in [2.45, 2.75) is 30.4 Å². The van der Waals surface area contributed by atoms with Gasteiger partial charge in [-0.3, -0.25) is 0 Å². The first-order valence-electron chi connectivity index (χ1n) is 10.9. The van der Waals surface area contributed by atoms with E-state index < -0.39 is 17.4 Å². The van der Waals surface area contributed by atoms with Crippen molar-refractivity contribution in [2.75, 3.05) is 28.2 Å². The summed E-state index contributed by atoms with van der Waals surface area (Å²) in [7, 11) is 7.50. The number of rotatable bonds is 2. The van der Waals surface area contributed by atoms with Gasteiger partial charge < -0.3 is 10.6 Å². The molecule has 2 nitrogen and oxygen atoms in total. The molecule has 4 heteroatoms. The first kappa shape index (κ1) is 25.2. The van der Waals surface area contributed by atoms with Crippen LogP contribution in [-0.4, -0.2) is 35.1 Å². The van der Waals surface area contributed by atoms with Gasteiger partial charge in [0.25, 0.3) is 0 Å². The average Bonchev–Trinajstić information content (AvgIpc) is 3.18. The predicted molar refractivity (Wildman–Crippen MR) is 136 cm³/mol. The summed E-state index contributed by atoms with van der Waals surface area (Å²) in [5, 5.41) is 5.50. The Balaban J connectivity index is 0.000000480. The Kier molecular flexibility index (Phi) is 8.43. The molecule has 2 unspecified atom stereocenters. The summed E-state index contributed by atoms with van der Waals surface area (Å²) >= 11 is -3.15. The summed E-state index contributed by atoms with van der Waals surface area (Å²) in [6.45, 7) is 7.13. The minimum atomic E-state index is -3.15. The fraction of sp³-hybridized carbons (Fsp3) is 0.385. The molecule has 0 fully saturated rings. The Hall–Kier alpha value is -1.06. The Labute approximate surface area is 186 Å². The van der Waals surface area contributed by atoms with Crippen LogP contribution in [-0.2, 0) is 17.4 Å². The maximum atomic E-state index is 2.75. The second-order valence-corrected chi connectivity index (χ2v) is 40.3. The number of hydrogen-bond donors (Lipinski definition) is 2. The average molecular weight is 500 g/mol. The molecule has 2 N–H and O–H groups in total. The number of nitrogens with one attached hydrogen (secondary N) is 2. The van der Waals surface area contributed by atoms with Crippen LogP contribution in [0.4, 0.5) is 0 Å². The van der Waals surface area contributed by atoms with Gasteiger partial charge in [0.1, 0.15) is 0 Å². The van der Waals surface area contributed by atoms with E-state index >= 15 is 0 Å². The smallest absolute Gasteiger partial charge is 0.0167 e. The SMILES string of the molecule is CC1=Cc2ccccc2[CH]1[Zr]([CH3])([CH3])(=[SiH2])[CH]1C(C)=Cc2ccccc21.CNC.CNC. The van der Waals surface area contributed by atoms with Gasteiger partial charge in [0, 0.05) is 0 Å². The van der Waals surface area contributed by atoms with E-state index in [2.05, 4.69) is 101 Å². The quantitative estimate of drug-likeness (QED) is 0.547. The van der Waals surface area contributed by atoms with Crippen LogP contribution in [0.1, 0.15) is 43.4 Å². The molecule has 0 aliphatic heterocycles. The zero-order valence-electron chi connectivity index (χ0n) is 20.1. The van der Waals surface area contributed by atoms with Crippen LogP contribution >= 0.6 is 0 Å². The van der Waals surface area contributed by atoms with E-state index in [9.17, 15) is 0 Å². The first-order valence-corrected chi connectivity index (χ1v) is 24.6. The molecule has 0 bridgehead atoms. The molecule has 30 heavy (non-hydrogen) atoms. The van der Waals surface area contributed by atoms with Crippen molar-refractivity contribution in [1.29, 1.82) is 0 Å². The second-order valence-electron chi connectivity index (χ2n) is 9.84. The van der Waals surface area contributed by atoms with Crippen LogP contribution in [0, 0.1) is 0 Å². The topological polar surface area (TPSA) is 24.1 Å². The van der Waals surface area contributed by atoms with E-state index in [1.807, 2.05) is 28.2 Å². The van der Waals surface area contributed by atoms with Gasteiger partial charge >= 0.3 is 149 Å². The summed E-state index contributed by atoms with van der Waals surface area (Å²) in [6.07, 6.45) is 4.88. The Morgan fingerprint density at radius 2 is 0.967 bits per heavy atom. The molecule has 2 aliphatic carbocycles. The van der Waals surface area contributed by atoms with Crippen molar-refractivity contribution >= 4 is 19.0 Å². The first-order chi connectivity index (χ1) is 14.1. The fourth-order valence-corrected chi connectivity index (χ4v) is 26.9. The van der Waals surface area contributed by atoms with Crippen LogP contribution in [0.2, 0.25) is 9.26 Å². The number of hydrogen-bond acceptors (Lipinski definition) is 2. The van der Waals surface area contributed by atoms with E-state index in [0.717, 1.165) is 0 Å². The van der Waals surface area contributed by atoms with Crippen molar-refractivity contribution in [1.82, 2.24) is 10.6 Å². The van der Waals surface area contributed by atoms with Crippen LogP contribution in [0.3, 0.4) is 0 Å². The minimum Gasteiger partial charge on any atom is -0.323 e. The van der Waals surface area contributed by atoms with Crippen molar-refractivity contribution < 1.29 is 17.4 Å². The molecular formula is C26H40N2SiZr. The third kappa shape index (κ3) is 4.88. The monoisotopic (exact) mass is 498 g/mol. The van der Waals surface area contributed by atoms with Crippen LogP contribution in [0.25, 0.3) is 12.2 Å². The van der Waals surface area contributed by atoms with Crippen LogP contribution in [0.5, 0.6) is 0 Å². The van der Waals surface area contributed by atoms with E-state index in [4.69, 9.17) is 0 Å². The Morgan fingerprint density at radius 3 is 1.30 bits per heavy atom. The molecule has 0 aromatic heterocycles. The second kappa shape index (κ2) is 10.0. The Morgan fingerprint density at radius 1 is 0.667 bits per heavy atom. The molecular weight excluding hydrogens is 460 g/mol.